The largest absolute Gasteiger partial charge is 0.495 e. The lowest BCUT2D eigenvalue weighted by Crippen LogP contribution is -2.41. The maximum Gasteiger partial charge on any atom is 0.226 e. The molecule has 1 atom stereocenters. The van der Waals surface area contributed by atoms with Crippen molar-refractivity contribution in [3.63, 3.8) is 0 Å². The van der Waals surface area contributed by atoms with Crippen LogP contribution in [0.25, 0.3) is 0 Å². The molecule has 0 aromatic heterocycles. The van der Waals surface area contributed by atoms with Crippen molar-refractivity contribution in [1.82, 2.24) is 10.6 Å². The highest BCUT2D eigenvalue weighted by molar-refractivity contribution is 7.99. The Morgan fingerprint density at radius 1 is 1.40 bits per heavy atom. The summed E-state index contributed by atoms with van der Waals surface area (Å²) in [7, 11) is 1.52. The summed E-state index contributed by atoms with van der Waals surface area (Å²) in [6, 6.07) is 3.65. The third-order valence-corrected chi connectivity index (χ3v) is 5.40. The van der Waals surface area contributed by atoms with Gasteiger partial charge < -0.3 is 20.7 Å². The van der Waals surface area contributed by atoms with Crippen LogP contribution in [0.2, 0.25) is 5.02 Å². The second kappa shape index (κ2) is 9.89. The number of carbonyl (C=O) groups is 2. The van der Waals surface area contributed by atoms with E-state index in [1.165, 1.54) is 7.11 Å². The molecule has 138 valence electrons. The van der Waals surface area contributed by atoms with Crippen molar-refractivity contribution in [1.29, 1.82) is 0 Å². The van der Waals surface area contributed by atoms with E-state index in [0.29, 0.717) is 29.4 Å². The van der Waals surface area contributed by atoms with Gasteiger partial charge in [-0.15, -0.1) is 0 Å². The number of anilines is 1. The van der Waals surface area contributed by atoms with E-state index in [4.69, 9.17) is 16.3 Å². The number of thioether (sulfide) groups is 1. The topological polar surface area (TPSA) is 79.5 Å². The van der Waals surface area contributed by atoms with Gasteiger partial charge in [-0.05, 0) is 18.6 Å². The first-order valence-corrected chi connectivity index (χ1v) is 9.74. The Morgan fingerprint density at radius 2 is 2.20 bits per heavy atom. The Bertz CT molecular complexity index is 621. The van der Waals surface area contributed by atoms with E-state index in [1.807, 2.05) is 18.7 Å². The average molecular weight is 386 g/mol. The highest BCUT2D eigenvalue weighted by Crippen LogP contribution is 2.30. The molecule has 0 radical (unpaired) electrons. The summed E-state index contributed by atoms with van der Waals surface area (Å²) >= 11 is 7.91. The molecule has 25 heavy (non-hydrogen) atoms. The van der Waals surface area contributed by atoms with E-state index in [9.17, 15) is 9.59 Å². The summed E-state index contributed by atoms with van der Waals surface area (Å²) in [6.45, 7) is 3.10. The van der Waals surface area contributed by atoms with E-state index in [-0.39, 0.29) is 24.3 Å². The van der Waals surface area contributed by atoms with Crippen molar-refractivity contribution in [3.05, 3.63) is 22.7 Å². The molecule has 1 heterocycles. The molecule has 0 spiro atoms. The van der Waals surface area contributed by atoms with Gasteiger partial charge in [-0.25, -0.2) is 0 Å². The van der Waals surface area contributed by atoms with Gasteiger partial charge in [0.15, 0.2) is 0 Å². The number of rotatable bonds is 7. The third-order valence-electron chi connectivity index (χ3n) is 3.86. The highest BCUT2D eigenvalue weighted by atomic mass is 35.5. The molecule has 0 saturated carbocycles. The molecule has 1 fully saturated rings. The van der Waals surface area contributed by atoms with Gasteiger partial charge in [0.05, 0.1) is 12.8 Å². The summed E-state index contributed by atoms with van der Waals surface area (Å²) in [6.07, 6.45) is 0.641. The number of hydrogen-bond donors (Lipinski definition) is 3. The Labute approximate surface area is 157 Å². The summed E-state index contributed by atoms with van der Waals surface area (Å²) < 4.78 is 5.23. The van der Waals surface area contributed by atoms with Crippen LogP contribution in [-0.2, 0) is 9.59 Å². The van der Waals surface area contributed by atoms with Crippen LogP contribution in [0.15, 0.2) is 12.1 Å². The maximum absolute atomic E-state index is 12.1. The first-order chi connectivity index (χ1) is 12.0. The molecule has 6 nitrogen and oxygen atoms in total. The van der Waals surface area contributed by atoms with Crippen LogP contribution in [0.1, 0.15) is 18.4 Å². The molecule has 2 amide bonds. The fourth-order valence-electron chi connectivity index (χ4n) is 2.50. The predicted molar refractivity (Wildman–Crippen MR) is 103 cm³/mol. The highest BCUT2D eigenvalue weighted by Gasteiger charge is 2.16. The molecule has 0 aliphatic carbocycles. The second-order valence-corrected chi connectivity index (χ2v) is 7.44. The minimum Gasteiger partial charge on any atom is -0.495 e. The minimum absolute atomic E-state index is 0.0345. The molecule has 1 unspecified atom stereocenters. The molecular formula is C17H24ClN3O3S. The van der Waals surface area contributed by atoms with Crippen molar-refractivity contribution in [2.75, 3.05) is 37.0 Å². The van der Waals surface area contributed by atoms with E-state index < -0.39 is 0 Å². The molecule has 0 bridgehead atoms. The van der Waals surface area contributed by atoms with Gasteiger partial charge in [-0.1, -0.05) is 11.6 Å². The van der Waals surface area contributed by atoms with Crippen molar-refractivity contribution in [3.8, 4) is 5.75 Å². The SMILES string of the molecule is COc1cc(Cl)c(C)cc1NC(=O)CCNC(=O)CC1CSCCN1. The fraction of sp³-hybridized carbons (Fsp3) is 0.529. The predicted octanol–water partition coefficient (Wildman–Crippen LogP) is 2.20. The molecule has 1 aromatic rings. The van der Waals surface area contributed by atoms with Crippen molar-refractivity contribution >= 4 is 40.9 Å². The minimum atomic E-state index is -0.188. The standard InChI is InChI=1S/C17H24ClN3O3S/c1-11-7-14(15(24-2)9-13(11)18)21-16(22)3-4-20-17(23)8-12-10-25-6-5-19-12/h7,9,12,19H,3-6,8,10H2,1-2H3,(H,20,23)(H,21,22). The van der Waals surface area contributed by atoms with Gasteiger partial charge in [0, 0.05) is 54.6 Å². The van der Waals surface area contributed by atoms with Crippen LogP contribution in [0, 0.1) is 6.92 Å². The zero-order valence-corrected chi connectivity index (χ0v) is 16.1. The number of hydrogen-bond acceptors (Lipinski definition) is 5. The number of benzene rings is 1. The van der Waals surface area contributed by atoms with Gasteiger partial charge in [0.25, 0.3) is 0 Å². The lowest BCUT2D eigenvalue weighted by Gasteiger charge is -2.22. The number of carbonyl (C=O) groups excluding carboxylic acids is 2. The van der Waals surface area contributed by atoms with Gasteiger partial charge in [-0.2, -0.15) is 11.8 Å². The molecule has 2 rings (SSSR count). The Kier molecular flexibility index (Phi) is 7.87. The van der Waals surface area contributed by atoms with Crippen LogP contribution in [0.4, 0.5) is 5.69 Å². The van der Waals surface area contributed by atoms with Crippen LogP contribution in [0.3, 0.4) is 0 Å². The molecule has 1 aromatic carbocycles. The summed E-state index contributed by atoms with van der Waals surface area (Å²) in [4.78, 5) is 24.0. The number of amides is 2. The van der Waals surface area contributed by atoms with Crippen molar-refractivity contribution in [2.24, 2.45) is 0 Å². The molecule has 1 aliphatic rings. The average Bonchev–Trinajstić information content (AvgIpc) is 2.58. The first-order valence-electron chi connectivity index (χ1n) is 8.21. The van der Waals surface area contributed by atoms with Gasteiger partial charge in [0.1, 0.15) is 5.75 Å². The van der Waals surface area contributed by atoms with Gasteiger partial charge in [-0.3, -0.25) is 9.59 Å². The smallest absolute Gasteiger partial charge is 0.226 e. The van der Waals surface area contributed by atoms with E-state index >= 15 is 0 Å². The van der Waals surface area contributed by atoms with Gasteiger partial charge >= 0.3 is 0 Å². The second-order valence-electron chi connectivity index (χ2n) is 5.88. The summed E-state index contributed by atoms with van der Waals surface area (Å²) in [5, 5.41) is 9.49. The fourth-order valence-corrected chi connectivity index (χ4v) is 3.61. The summed E-state index contributed by atoms with van der Waals surface area (Å²) in [5.74, 6) is 2.32. The molecule has 3 N–H and O–H groups in total. The van der Waals surface area contributed by atoms with Crippen LogP contribution < -0.4 is 20.7 Å². The van der Waals surface area contributed by atoms with Crippen LogP contribution in [-0.4, -0.2) is 49.6 Å². The van der Waals surface area contributed by atoms with Crippen LogP contribution >= 0.6 is 23.4 Å². The Morgan fingerprint density at radius 3 is 2.88 bits per heavy atom. The zero-order chi connectivity index (χ0) is 18.2. The number of aryl methyl sites for hydroxylation is 1. The van der Waals surface area contributed by atoms with Crippen molar-refractivity contribution in [2.45, 2.75) is 25.8 Å². The molecule has 1 aliphatic heterocycles. The number of methoxy groups -OCH3 is 1. The quantitative estimate of drug-likeness (QED) is 0.670. The zero-order valence-electron chi connectivity index (χ0n) is 14.5. The normalized spacial score (nSPS) is 17.0. The number of nitrogens with one attached hydrogen (secondary N) is 3. The Balaban J connectivity index is 1.75. The third kappa shape index (κ3) is 6.41. The molecule has 8 heteroatoms. The van der Waals surface area contributed by atoms with Gasteiger partial charge in [0.2, 0.25) is 11.8 Å². The first kappa shape index (κ1) is 19.9. The Hall–Kier alpha value is -1.44. The number of halogens is 1. The number of ether oxygens (including phenoxy) is 1. The molecule has 1 saturated heterocycles. The van der Waals surface area contributed by atoms with Crippen LogP contribution in [0.5, 0.6) is 5.75 Å². The molecular weight excluding hydrogens is 362 g/mol. The monoisotopic (exact) mass is 385 g/mol. The lowest BCUT2D eigenvalue weighted by atomic mass is 10.2. The summed E-state index contributed by atoms with van der Waals surface area (Å²) in [5.41, 5.74) is 1.42. The van der Waals surface area contributed by atoms with E-state index in [1.54, 1.807) is 12.1 Å². The lowest BCUT2D eigenvalue weighted by molar-refractivity contribution is -0.121. The maximum atomic E-state index is 12.1. The van der Waals surface area contributed by atoms with E-state index in [0.717, 1.165) is 23.6 Å². The van der Waals surface area contributed by atoms with E-state index in [2.05, 4.69) is 16.0 Å². The van der Waals surface area contributed by atoms with Crippen molar-refractivity contribution < 1.29 is 14.3 Å².